The van der Waals surface area contributed by atoms with Crippen molar-refractivity contribution >= 4 is 12.4 Å². The van der Waals surface area contributed by atoms with E-state index < -0.39 is 0 Å². The van der Waals surface area contributed by atoms with Crippen molar-refractivity contribution in [3.63, 3.8) is 0 Å². The molecule has 16 heavy (non-hydrogen) atoms. The van der Waals surface area contributed by atoms with Crippen LogP contribution in [0.25, 0.3) is 0 Å². The van der Waals surface area contributed by atoms with Crippen molar-refractivity contribution in [2.45, 2.75) is 19.4 Å². The summed E-state index contributed by atoms with van der Waals surface area (Å²) >= 11 is 0. The molecule has 1 fully saturated rings. The van der Waals surface area contributed by atoms with Gasteiger partial charge in [0.15, 0.2) is 0 Å². The lowest BCUT2D eigenvalue weighted by Gasteiger charge is -2.23. The minimum Gasteiger partial charge on any atom is -0.330 e. The van der Waals surface area contributed by atoms with Gasteiger partial charge in [0.1, 0.15) is 0 Å². The first-order valence-electron chi connectivity index (χ1n) is 5.51. The van der Waals surface area contributed by atoms with Crippen molar-refractivity contribution in [1.29, 1.82) is 0 Å². The summed E-state index contributed by atoms with van der Waals surface area (Å²) < 4.78 is 0. The van der Waals surface area contributed by atoms with Gasteiger partial charge in [-0.3, -0.25) is 14.9 Å². The van der Waals surface area contributed by atoms with Crippen molar-refractivity contribution in [2.24, 2.45) is 11.7 Å². The van der Waals surface area contributed by atoms with E-state index in [4.69, 9.17) is 5.73 Å². The van der Waals surface area contributed by atoms with Crippen LogP contribution in [-0.4, -0.2) is 34.5 Å². The Hall–Kier alpha value is -0.710. The predicted molar refractivity (Wildman–Crippen MR) is 66.4 cm³/mol. The van der Waals surface area contributed by atoms with E-state index >= 15 is 0 Å². The third-order valence-corrected chi connectivity index (χ3v) is 3.21. The zero-order chi connectivity index (χ0) is 10.7. The molecular weight excluding hydrogens is 224 g/mol. The number of hydrogen-bond acceptors (Lipinski definition) is 4. The average molecular weight is 243 g/mol. The van der Waals surface area contributed by atoms with Gasteiger partial charge in [0.25, 0.3) is 0 Å². The van der Waals surface area contributed by atoms with Crippen LogP contribution in [0.5, 0.6) is 0 Å². The second-order valence-corrected chi connectivity index (χ2v) is 4.19. The lowest BCUT2D eigenvalue weighted by Crippen LogP contribution is -2.26. The Kier molecular flexibility index (Phi) is 5.12. The SMILES string of the molecule is CC(c1cnccn1)N1CCC(CN)C1.Cl. The molecule has 1 aromatic heterocycles. The fourth-order valence-corrected chi connectivity index (χ4v) is 2.12. The zero-order valence-corrected chi connectivity index (χ0v) is 10.4. The van der Waals surface area contributed by atoms with E-state index in [1.54, 1.807) is 12.4 Å². The minimum atomic E-state index is 0. The molecule has 5 heteroatoms. The second kappa shape index (κ2) is 6.13. The van der Waals surface area contributed by atoms with Crippen LogP contribution in [0, 0.1) is 5.92 Å². The largest absolute Gasteiger partial charge is 0.330 e. The molecule has 0 bridgehead atoms. The molecule has 2 N–H and O–H groups in total. The van der Waals surface area contributed by atoms with Crippen LogP contribution in [0.15, 0.2) is 18.6 Å². The fraction of sp³-hybridized carbons (Fsp3) is 0.636. The summed E-state index contributed by atoms with van der Waals surface area (Å²) in [4.78, 5) is 10.9. The number of rotatable bonds is 3. The number of nitrogens with zero attached hydrogens (tertiary/aromatic N) is 3. The van der Waals surface area contributed by atoms with Gasteiger partial charge in [0, 0.05) is 25.1 Å². The average Bonchev–Trinajstić information content (AvgIpc) is 2.78. The van der Waals surface area contributed by atoms with E-state index in [1.807, 2.05) is 6.20 Å². The lowest BCUT2D eigenvalue weighted by atomic mass is 10.1. The molecule has 0 amide bonds. The third-order valence-electron chi connectivity index (χ3n) is 3.21. The Labute approximate surface area is 103 Å². The normalized spacial score (nSPS) is 22.8. The van der Waals surface area contributed by atoms with Gasteiger partial charge in [0.2, 0.25) is 0 Å². The van der Waals surface area contributed by atoms with Crippen LogP contribution in [0.1, 0.15) is 25.1 Å². The summed E-state index contributed by atoms with van der Waals surface area (Å²) in [6.45, 7) is 5.19. The Morgan fingerprint density at radius 2 is 2.38 bits per heavy atom. The molecule has 2 heterocycles. The minimum absolute atomic E-state index is 0. The molecular formula is C11H19ClN4. The molecule has 0 spiro atoms. The number of halogens is 1. The van der Waals surface area contributed by atoms with E-state index in [1.165, 1.54) is 6.42 Å². The molecule has 0 saturated carbocycles. The highest BCUT2D eigenvalue weighted by Gasteiger charge is 2.26. The highest BCUT2D eigenvalue weighted by molar-refractivity contribution is 5.85. The first kappa shape index (κ1) is 13.4. The van der Waals surface area contributed by atoms with Crippen molar-refractivity contribution < 1.29 is 0 Å². The monoisotopic (exact) mass is 242 g/mol. The molecule has 2 rings (SSSR count). The van der Waals surface area contributed by atoms with Crippen molar-refractivity contribution in [3.8, 4) is 0 Å². The van der Waals surface area contributed by atoms with Gasteiger partial charge >= 0.3 is 0 Å². The van der Waals surface area contributed by atoms with Crippen LogP contribution in [0.4, 0.5) is 0 Å². The van der Waals surface area contributed by atoms with Gasteiger partial charge in [-0.05, 0) is 32.4 Å². The third kappa shape index (κ3) is 2.90. The van der Waals surface area contributed by atoms with Crippen molar-refractivity contribution in [1.82, 2.24) is 14.9 Å². The first-order chi connectivity index (χ1) is 7.31. The predicted octanol–water partition coefficient (Wildman–Crippen LogP) is 1.24. The lowest BCUT2D eigenvalue weighted by molar-refractivity contribution is 0.248. The van der Waals surface area contributed by atoms with Gasteiger partial charge in [0.05, 0.1) is 11.7 Å². The highest BCUT2D eigenvalue weighted by atomic mass is 35.5. The second-order valence-electron chi connectivity index (χ2n) is 4.19. The van der Waals surface area contributed by atoms with E-state index in [-0.39, 0.29) is 12.4 Å². The molecule has 0 aliphatic carbocycles. The quantitative estimate of drug-likeness (QED) is 0.867. The molecule has 1 aliphatic rings. The Bertz CT molecular complexity index is 306. The summed E-state index contributed by atoms with van der Waals surface area (Å²) in [6, 6.07) is 0.357. The Balaban J connectivity index is 0.00000128. The zero-order valence-electron chi connectivity index (χ0n) is 9.54. The maximum Gasteiger partial charge on any atom is 0.0755 e. The number of likely N-dealkylation sites (tertiary alicyclic amines) is 1. The standard InChI is InChI=1S/C11H18N4.ClH/c1-9(11-7-13-3-4-14-11)15-5-2-10(6-12)8-15;/h3-4,7,9-10H,2,5-6,8,12H2,1H3;1H. The fourth-order valence-electron chi connectivity index (χ4n) is 2.12. The van der Waals surface area contributed by atoms with Gasteiger partial charge < -0.3 is 5.73 Å². The van der Waals surface area contributed by atoms with E-state index in [2.05, 4.69) is 21.8 Å². The topological polar surface area (TPSA) is 55.0 Å². The van der Waals surface area contributed by atoms with Crippen LogP contribution in [0.2, 0.25) is 0 Å². The summed E-state index contributed by atoms with van der Waals surface area (Å²) in [5.41, 5.74) is 6.73. The molecule has 1 aromatic rings. The molecule has 1 aliphatic heterocycles. The van der Waals surface area contributed by atoms with Crippen LogP contribution >= 0.6 is 12.4 Å². The summed E-state index contributed by atoms with van der Waals surface area (Å²) in [7, 11) is 0. The maximum absolute atomic E-state index is 5.68. The molecule has 1 saturated heterocycles. The van der Waals surface area contributed by atoms with Gasteiger partial charge in [-0.25, -0.2) is 0 Å². The van der Waals surface area contributed by atoms with Gasteiger partial charge in [-0.15, -0.1) is 12.4 Å². The van der Waals surface area contributed by atoms with E-state index in [0.29, 0.717) is 12.0 Å². The molecule has 0 aromatic carbocycles. The molecule has 0 radical (unpaired) electrons. The van der Waals surface area contributed by atoms with Crippen LogP contribution in [-0.2, 0) is 0 Å². The Morgan fingerprint density at radius 3 is 2.94 bits per heavy atom. The summed E-state index contributed by atoms with van der Waals surface area (Å²) in [5.74, 6) is 0.657. The number of hydrogen-bond donors (Lipinski definition) is 1. The summed E-state index contributed by atoms with van der Waals surface area (Å²) in [6.07, 6.45) is 6.52. The van der Waals surface area contributed by atoms with Gasteiger partial charge in [-0.2, -0.15) is 0 Å². The molecule has 90 valence electrons. The highest BCUT2D eigenvalue weighted by Crippen LogP contribution is 2.25. The van der Waals surface area contributed by atoms with Crippen LogP contribution in [0.3, 0.4) is 0 Å². The number of nitrogens with two attached hydrogens (primary N) is 1. The van der Waals surface area contributed by atoms with E-state index in [0.717, 1.165) is 25.3 Å². The summed E-state index contributed by atoms with van der Waals surface area (Å²) in [5, 5.41) is 0. The van der Waals surface area contributed by atoms with E-state index in [9.17, 15) is 0 Å². The number of aromatic nitrogens is 2. The van der Waals surface area contributed by atoms with Gasteiger partial charge in [-0.1, -0.05) is 0 Å². The molecule has 4 nitrogen and oxygen atoms in total. The molecule has 2 atom stereocenters. The first-order valence-corrected chi connectivity index (χ1v) is 5.51. The molecule has 2 unspecified atom stereocenters. The maximum atomic E-state index is 5.68. The van der Waals surface area contributed by atoms with Crippen LogP contribution < -0.4 is 5.73 Å². The van der Waals surface area contributed by atoms with Crippen molar-refractivity contribution in [3.05, 3.63) is 24.3 Å². The smallest absolute Gasteiger partial charge is 0.0755 e. The van der Waals surface area contributed by atoms with Crippen molar-refractivity contribution in [2.75, 3.05) is 19.6 Å². The Morgan fingerprint density at radius 1 is 1.56 bits per heavy atom.